The Balaban J connectivity index is 1.75. The van der Waals surface area contributed by atoms with Gasteiger partial charge in [-0.05, 0) is 55.0 Å². The number of thiophene rings is 1. The quantitative estimate of drug-likeness (QED) is 0.207. The van der Waals surface area contributed by atoms with Crippen LogP contribution < -0.4 is 5.56 Å². The van der Waals surface area contributed by atoms with E-state index in [2.05, 4.69) is 50.2 Å². The largest absolute Gasteiger partial charge is 0.268 e. The van der Waals surface area contributed by atoms with Crippen molar-refractivity contribution in [3.63, 3.8) is 0 Å². The number of nitrogens with zero attached hydrogens (tertiary/aromatic N) is 2. The van der Waals surface area contributed by atoms with Crippen molar-refractivity contribution in [3.8, 4) is 16.1 Å². The second kappa shape index (κ2) is 8.05. The number of aromatic nitrogens is 2. The molecule has 152 valence electrons. The maximum atomic E-state index is 13.8. The Morgan fingerprint density at radius 3 is 2.70 bits per heavy atom. The molecule has 0 saturated carbocycles. The fraction of sp³-hybridized carbons (Fsp3) is 0.280. The second-order valence-electron chi connectivity index (χ2n) is 7.82. The van der Waals surface area contributed by atoms with E-state index in [0.29, 0.717) is 0 Å². The summed E-state index contributed by atoms with van der Waals surface area (Å²) in [6, 6.07) is 16.7. The number of thioether (sulfide) groups is 1. The zero-order valence-corrected chi connectivity index (χ0v) is 18.9. The van der Waals surface area contributed by atoms with Gasteiger partial charge in [-0.1, -0.05) is 67.1 Å². The van der Waals surface area contributed by atoms with Gasteiger partial charge in [0.05, 0.1) is 11.1 Å². The van der Waals surface area contributed by atoms with E-state index < -0.39 is 0 Å². The van der Waals surface area contributed by atoms with E-state index in [1.807, 2.05) is 16.7 Å². The first-order chi connectivity index (χ1) is 14.7. The molecule has 0 atom stereocenters. The molecule has 1 aliphatic rings. The van der Waals surface area contributed by atoms with Crippen LogP contribution in [-0.4, -0.2) is 15.3 Å². The highest BCUT2D eigenvalue weighted by Crippen LogP contribution is 2.42. The van der Waals surface area contributed by atoms with Crippen molar-refractivity contribution >= 4 is 33.3 Å². The van der Waals surface area contributed by atoms with Crippen LogP contribution in [0.4, 0.5) is 0 Å². The van der Waals surface area contributed by atoms with Crippen LogP contribution in [0.1, 0.15) is 36.5 Å². The Morgan fingerprint density at radius 2 is 1.90 bits per heavy atom. The van der Waals surface area contributed by atoms with Gasteiger partial charge in [-0.25, -0.2) is 4.98 Å². The Kier molecular flexibility index (Phi) is 5.25. The molecule has 0 fully saturated rings. The van der Waals surface area contributed by atoms with Crippen molar-refractivity contribution in [1.29, 1.82) is 0 Å². The third-order valence-electron chi connectivity index (χ3n) is 5.72. The summed E-state index contributed by atoms with van der Waals surface area (Å²) in [6.45, 7) is 4.26. The van der Waals surface area contributed by atoms with E-state index >= 15 is 0 Å². The topological polar surface area (TPSA) is 34.9 Å². The number of hydrogen-bond donors (Lipinski definition) is 0. The van der Waals surface area contributed by atoms with Gasteiger partial charge < -0.3 is 0 Å². The minimum absolute atomic E-state index is 0.0692. The minimum Gasteiger partial charge on any atom is -0.268 e. The molecule has 0 saturated heterocycles. The van der Waals surface area contributed by atoms with Crippen LogP contribution in [0.25, 0.3) is 26.3 Å². The molecule has 2 aromatic carbocycles. The molecule has 4 aromatic rings. The maximum absolute atomic E-state index is 13.8. The number of unbranched alkanes of at least 4 members (excludes halogenated alkanes) is 1. The first-order valence-corrected chi connectivity index (χ1v) is 12.3. The summed E-state index contributed by atoms with van der Waals surface area (Å²) >= 11 is 3.37. The standard InChI is InChI=1S/C25H24N2OS2/c1-3-4-15-29-25-26-23-21(24(28)27(25)18-12-9-16(2)10-13-18)20-14-11-17-7-5-6-8-19(17)22(20)30-23/h5-10,12-13H,3-4,11,14-15H2,1-2H3. The Bertz CT molecular complexity index is 1290. The van der Waals surface area contributed by atoms with Crippen molar-refractivity contribution in [2.75, 3.05) is 5.75 Å². The molecule has 2 heterocycles. The molecule has 0 bridgehead atoms. The number of hydrogen-bond acceptors (Lipinski definition) is 4. The molecule has 0 unspecified atom stereocenters. The van der Waals surface area contributed by atoms with Gasteiger partial charge in [-0.3, -0.25) is 9.36 Å². The van der Waals surface area contributed by atoms with E-state index in [1.165, 1.54) is 27.1 Å². The summed E-state index contributed by atoms with van der Waals surface area (Å²) in [7, 11) is 0. The van der Waals surface area contributed by atoms with Crippen LogP contribution in [0.2, 0.25) is 0 Å². The number of rotatable bonds is 5. The van der Waals surface area contributed by atoms with E-state index in [0.717, 1.165) is 52.5 Å². The number of benzene rings is 2. The predicted octanol–water partition coefficient (Wildman–Crippen LogP) is 6.41. The first kappa shape index (κ1) is 19.6. The second-order valence-corrected chi connectivity index (χ2v) is 9.88. The SMILES string of the molecule is CCCCSc1nc2sc3c(c2c(=O)n1-c1ccc(C)cc1)CCc1ccccc1-3. The lowest BCUT2D eigenvalue weighted by Crippen LogP contribution is -2.22. The van der Waals surface area contributed by atoms with Crippen molar-refractivity contribution in [2.24, 2.45) is 0 Å². The summed E-state index contributed by atoms with van der Waals surface area (Å²) < 4.78 is 1.83. The molecule has 3 nitrogen and oxygen atoms in total. The molecule has 0 aliphatic heterocycles. The zero-order chi connectivity index (χ0) is 20.7. The average molecular weight is 433 g/mol. The lowest BCUT2D eigenvalue weighted by molar-refractivity contribution is 0.814. The van der Waals surface area contributed by atoms with Gasteiger partial charge in [0.25, 0.3) is 5.56 Å². The molecule has 30 heavy (non-hydrogen) atoms. The van der Waals surface area contributed by atoms with Gasteiger partial charge in [0.15, 0.2) is 5.16 Å². The van der Waals surface area contributed by atoms with Crippen LogP contribution in [-0.2, 0) is 12.8 Å². The molecule has 0 radical (unpaired) electrons. The van der Waals surface area contributed by atoms with Crippen molar-refractivity contribution in [1.82, 2.24) is 9.55 Å². The average Bonchev–Trinajstić information content (AvgIpc) is 3.14. The summed E-state index contributed by atoms with van der Waals surface area (Å²) in [5.41, 5.74) is 5.97. The minimum atomic E-state index is 0.0692. The van der Waals surface area contributed by atoms with E-state index in [1.54, 1.807) is 23.1 Å². The first-order valence-electron chi connectivity index (χ1n) is 10.5. The highest BCUT2D eigenvalue weighted by molar-refractivity contribution is 7.99. The fourth-order valence-corrected chi connectivity index (χ4v) is 6.51. The van der Waals surface area contributed by atoms with Crippen molar-refractivity contribution < 1.29 is 0 Å². The van der Waals surface area contributed by atoms with Crippen LogP contribution in [0, 0.1) is 6.92 Å². The molecule has 0 N–H and O–H groups in total. The molecular weight excluding hydrogens is 408 g/mol. The van der Waals surface area contributed by atoms with Crippen LogP contribution in [0.5, 0.6) is 0 Å². The molecule has 0 amide bonds. The molecule has 1 aliphatic carbocycles. The smallest absolute Gasteiger partial charge is 0.267 e. The summed E-state index contributed by atoms with van der Waals surface area (Å²) in [6.07, 6.45) is 4.13. The molecule has 5 rings (SSSR count). The summed E-state index contributed by atoms with van der Waals surface area (Å²) in [5, 5.41) is 1.61. The molecular formula is C25H24N2OS2. The van der Waals surface area contributed by atoms with Crippen LogP contribution >= 0.6 is 23.1 Å². The lowest BCUT2D eigenvalue weighted by atomic mass is 9.90. The number of aryl methyl sites for hydroxylation is 3. The molecule has 5 heteroatoms. The third-order valence-corrected chi connectivity index (χ3v) is 7.91. The normalized spacial score (nSPS) is 12.7. The van der Waals surface area contributed by atoms with Gasteiger partial charge in [-0.2, -0.15) is 0 Å². The molecule has 0 spiro atoms. The van der Waals surface area contributed by atoms with Gasteiger partial charge in [0.2, 0.25) is 0 Å². The van der Waals surface area contributed by atoms with Crippen molar-refractivity contribution in [2.45, 2.75) is 44.7 Å². The van der Waals surface area contributed by atoms with E-state index in [9.17, 15) is 4.79 Å². The highest BCUT2D eigenvalue weighted by Gasteiger charge is 2.25. The van der Waals surface area contributed by atoms with Gasteiger partial charge >= 0.3 is 0 Å². The number of fused-ring (bicyclic) bond motifs is 5. The summed E-state index contributed by atoms with van der Waals surface area (Å²) in [5.74, 6) is 0.966. The van der Waals surface area contributed by atoms with E-state index in [4.69, 9.17) is 4.98 Å². The highest BCUT2D eigenvalue weighted by atomic mass is 32.2. The monoisotopic (exact) mass is 432 g/mol. The lowest BCUT2D eigenvalue weighted by Gasteiger charge is -2.16. The predicted molar refractivity (Wildman–Crippen MR) is 128 cm³/mol. The summed E-state index contributed by atoms with van der Waals surface area (Å²) in [4.78, 5) is 21.0. The zero-order valence-electron chi connectivity index (χ0n) is 17.3. The third kappa shape index (κ3) is 3.30. The van der Waals surface area contributed by atoms with Gasteiger partial charge in [0, 0.05) is 10.6 Å². The van der Waals surface area contributed by atoms with Gasteiger partial charge in [0.1, 0.15) is 4.83 Å². The fourth-order valence-electron chi connectivity index (χ4n) is 4.09. The Labute approximate surface area is 184 Å². The Morgan fingerprint density at radius 1 is 1.10 bits per heavy atom. The van der Waals surface area contributed by atoms with E-state index in [-0.39, 0.29) is 5.56 Å². The van der Waals surface area contributed by atoms with Crippen LogP contribution in [0.15, 0.2) is 58.5 Å². The van der Waals surface area contributed by atoms with Crippen molar-refractivity contribution in [3.05, 3.63) is 75.6 Å². The molecule has 2 aromatic heterocycles. The Hall–Kier alpha value is -2.37. The van der Waals surface area contributed by atoms with Gasteiger partial charge in [-0.15, -0.1) is 11.3 Å². The van der Waals surface area contributed by atoms with Crippen LogP contribution in [0.3, 0.4) is 0 Å². The maximum Gasteiger partial charge on any atom is 0.267 e.